The highest BCUT2D eigenvalue weighted by atomic mass is 16.6. The molecule has 1 atom stereocenters. The highest BCUT2D eigenvalue weighted by Crippen LogP contribution is 2.25. The van der Waals surface area contributed by atoms with E-state index < -0.39 is 4.92 Å². The average molecular weight is 252 g/mol. The molecule has 0 aliphatic carbocycles. The molecule has 1 aromatic heterocycles. The van der Waals surface area contributed by atoms with Crippen LogP contribution in [0.25, 0.3) is 0 Å². The van der Waals surface area contributed by atoms with Crippen molar-refractivity contribution in [2.24, 2.45) is 0 Å². The second-order valence-corrected chi connectivity index (χ2v) is 4.28. The Bertz CT molecular complexity index is 452. The predicted octanol–water partition coefficient (Wildman–Crippen LogP) is 1.19. The monoisotopic (exact) mass is 252 g/mol. The van der Waals surface area contributed by atoms with Crippen LogP contribution in [0.3, 0.4) is 0 Å². The molecular weight excluding hydrogens is 236 g/mol. The van der Waals surface area contributed by atoms with Crippen LogP contribution in [0, 0.1) is 10.1 Å². The Morgan fingerprint density at radius 1 is 1.61 bits per heavy atom. The molecule has 0 aromatic carbocycles. The molecule has 1 fully saturated rings. The van der Waals surface area contributed by atoms with E-state index in [4.69, 9.17) is 10.5 Å². The summed E-state index contributed by atoms with van der Waals surface area (Å²) in [6.45, 7) is 1.60. The van der Waals surface area contributed by atoms with Crippen molar-refractivity contribution >= 4 is 17.3 Å². The summed E-state index contributed by atoms with van der Waals surface area (Å²) in [6.07, 6.45) is 2.21. The molecule has 1 aromatic rings. The highest BCUT2D eigenvalue weighted by molar-refractivity contribution is 5.58. The zero-order valence-corrected chi connectivity index (χ0v) is 10.2. The maximum atomic E-state index is 10.7. The third-order valence-corrected chi connectivity index (χ3v) is 3.12. The molecule has 0 radical (unpaired) electrons. The summed E-state index contributed by atoms with van der Waals surface area (Å²) in [6, 6.07) is 3.03. The second kappa shape index (κ2) is 5.18. The third kappa shape index (κ3) is 2.51. The minimum Gasteiger partial charge on any atom is -0.380 e. The summed E-state index contributed by atoms with van der Waals surface area (Å²) in [5, 5.41) is 10.7. The SMILES string of the molecule is COC1CCCN(c2ccc([N+](=O)[O-])c(N)n2)C1. The Kier molecular flexibility index (Phi) is 3.61. The number of rotatable bonds is 3. The van der Waals surface area contributed by atoms with E-state index in [2.05, 4.69) is 4.98 Å². The number of nitrogen functional groups attached to an aromatic ring is 1. The van der Waals surface area contributed by atoms with E-state index in [0.717, 1.165) is 25.9 Å². The lowest BCUT2D eigenvalue weighted by atomic mass is 10.1. The Balaban J connectivity index is 2.18. The number of hydrogen-bond donors (Lipinski definition) is 1. The molecule has 7 heteroatoms. The van der Waals surface area contributed by atoms with Crippen molar-refractivity contribution in [1.82, 2.24) is 4.98 Å². The van der Waals surface area contributed by atoms with Crippen LogP contribution in [0.5, 0.6) is 0 Å². The van der Waals surface area contributed by atoms with Gasteiger partial charge in [0.05, 0.1) is 11.0 Å². The number of anilines is 2. The smallest absolute Gasteiger partial charge is 0.311 e. The summed E-state index contributed by atoms with van der Waals surface area (Å²) in [5.41, 5.74) is 5.43. The molecule has 0 saturated carbocycles. The average Bonchev–Trinajstić information content (AvgIpc) is 2.38. The van der Waals surface area contributed by atoms with Gasteiger partial charge < -0.3 is 15.4 Å². The van der Waals surface area contributed by atoms with Crippen LogP contribution in [0.4, 0.5) is 17.3 Å². The molecule has 1 unspecified atom stereocenters. The Labute approximate surface area is 105 Å². The third-order valence-electron chi connectivity index (χ3n) is 3.12. The van der Waals surface area contributed by atoms with Crippen molar-refractivity contribution in [3.8, 4) is 0 Å². The van der Waals surface area contributed by atoms with Crippen LogP contribution < -0.4 is 10.6 Å². The summed E-state index contributed by atoms with van der Waals surface area (Å²) in [4.78, 5) is 16.3. The minimum absolute atomic E-state index is 0.0444. The molecule has 2 rings (SSSR count). The number of piperidine rings is 1. The number of nitro groups is 1. The summed E-state index contributed by atoms with van der Waals surface area (Å²) >= 11 is 0. The largest absolute Gasteiger partial charge is 0.380 e. The standard InChI is InChI=1S/C11H16N4O3/c1-18-8-3-2-6-14(7-8)10-5-4-9(15(16)17)11(12)13-10/h4-5,8H,2-3,6-7H2,1H3,(H2,12,13). The lowest BCUT2D eigenvalue weighted by molar-refractivity contribution is -0.384. The first-order valence-corrected chi connectivity index (χ1v) is 5.80. The lowest BCUT2D eigenvalue weighted by Crippen LogP contribution is -2.39. The van der Waals surface area contributed by atoms with Crippen LogP contribution >= 0.6 is 0 Å². The van der Waals surface area contributed by atoms with E-state index >= 15 is 0 Å². The molecule has 0 bridgehead atoms. The van der Waals surface area contributed by atoms with Gasteiger partial charge >= 0.3 is 5.69 Å². The van der Waals surface area contributed by atoms with Gasteiger partial charge in [-0.2, -0.15) is 0 Å². The Morgan fingerprint density at radius 3 is 3.00 bits per heavy atom. The first kappa shape index (κ1) is 12.6. The van der Waals surface area contributed by atoms with E-state index in [9.17, 15) is 10.1 Å². The first-order chi connectivity index (χ1) is 8.61. The topological polar surface area (TPSA) is 94.5 Å². The molecule has 2 N–H and O–H groups in total. The summed E-state index contributed by atoms with van der Waals surface area (Å²) < 4.78 is 5.33. The van der Waals surface area contributed by atoms with Crippen molar-refractivity contribution in [3.63, 3.8) is 0 Å². The van der Waals surface area contributed by atoms with Crippen LogP contribution in [-0.4, -0.2) is 36.2 Å². The molecule has 0 spiro atoms. The van der Waals surface area contributed by atoms with E-state index in [1.165, 1.54) is 6.07 Å². The molecule has 18 heavy (non-hydrogen) atoms. The highest BCUT2D eigenvalue weighted by Gasteiger charge is 2.22. The van der Waals surface area contributed by atoms with Crippen molar-refractivity contribution in [2.75, 3.05) is 30.8 Å². The van der Waals surface area contributed by atoms with Gasteiger partial charge in [0.15, 0.2) is 0 Å². The van der Waals surface area contributed by atoms with E-state index in [1.807, 2.05) is 4.90 Å². The Morgan fingerprint density at radius 2 is 2.39 bits per heavy atom. The number of nitrogens with two attached hydrogens (primary N) is 1. The molecule has 2 heterocycles. The fourth-order valence-electron chi connectivity index (χ4n) is 2.13. The van der Waals surface area contributed by atoms with Crippen molar-refractivity contribution in [1.29, 1.82) is 0 Å². The van der Waals surface area contributed by atoms with Gasteiger partial charge in [-0.1, -0.05) is 0 Å². The van der Waals surface area contributed by atoms with E-state index in [-0.39, 0.29) is 17.6 Å². The number of ether oxygens (including phenoxy) is 1. The van der Waals surface area contributed by atoms with E-state index in [0.29, 0.717) is 5.82 Å². The Hall–Kier alpha value is -1.89. The molecular formula is C11H16N4O3. The molecule has 7 nitrogen and oxygen atoms in total. The summed E-state index contributed by atoms with van der Waals surface area (Å²) in [7, 11) is 1.69. The number of pyridine rings is 1. The molecule has 0 amide bonds. The molecule has 98 valence electrons. The van der Waals surface area contributed by atoms with Crippen LogP contribution in [0.1, 0.15) is 12.8 Å². The number of methoxy groups -OCH3 is 1. The number of nitrogens with zero attached hydrogens (tertiary/aromatic N) is 3. The second-order valence-electron chi connectivity index (χ2n) is 4.28. The predicted molar refractivity (Wildman–Crippen MR) is 67.5 cm³/mol. The van der Waals surface area contributed by atoms with Crippen molar-refractivity contribution in [2.45, 2.75) is 18.9 Å². The van der Waals surface area contributed by atoms with Gasteiger partial charge in [-0.3, -0.25) is 10.1 Å². The van der Waals surface area contributed by atoms with Gasteiger partial charge in [0, 0.05) is 26.3 Å². The van der Waals surface area contributed by atoms with Crippen molar-refractivity contribution in [3.05, 3.63) is 22.2 Å². The van der Waals surface area contributed by atoms with Crippen LogP contribution in [-0.2, 0) is 4.74 Å². The van der Waals surface area contributed by atoms with Gasteiger partial charge in [-0.25, -0.2) is 4.98 Å². The number of hydrogen-bond acceptors (Lipinski definition) is 6. The lowest BCUT2D eigenvalue weighted by Gasteiger charge is -2.32. The van der Waals surface area contributed by atoms with Crippen LogP contribution in [0.2, 0.25) is 0 Å². The molecule has 1 aliphatic rings. The molecule has 1 aliphatic heterocycles. The van der Waals surface area contributed by atoms with Gasteiger partial charge in [0.2, 0.25) is 5.82 Å². The van der Waals surface area contributed by atoms with Gasteiger partial charge in [-0.05, 0) is 18.9 Å². The maximum Gasteiger partial charge on any atom is 0.311 e. The fourth-order valence-corrected chi connectivity index (χ4v) is 2.13. The molecule has 1 saturated heterocycles. The summed E-state index contributed by atoms with van der Waals surface area (Å²) in [5.74, 6) is 0.622. The van der Waals surface area contributed by atoms with Crippen molar-refractivity contribution < 1.29 is 9.66 Å². The minimum atomic E-state index is -0.528. The fraction of sp³-hybridized carbons (Fsp3) is 0.545. The quantitative estimate of drug-likeness (QED) is 0.641. The maximum absolute atomic E-state index is 10.7. The van der Waals surface area contributed by atoms with Crippen LogP contribution in [0.15, 0.2) is 12.1 Å². The van der Waals surface area contributed by atoms with Gasteiger partial charge in [0.25, 0.3) is 0 Å². The zero-order valence-electron chi connectivity index (χ0n) is 10.2. The zero-order chi connectivity index (χ0) is 13.1. The van der Waals surface area contributed by atoms with E-state index in [1.54, 1.807) is 13.2 Å². The van der Waals surface area contributed by atoms with Gasteiger partial charge in [-0.15, -0.1) is 0 Å². The normalized spacial score (nSPS) is 19.8. The first-order valence-electron chi connectivity index (χ1n) is 5.80. The number of aromatic nitrogens is 1. The van der Waals surface area contributed by atoms with Gasteiger partial charge in [0.1, 0.15) is 5.82 Å².